The predicted molar refractivity (Wildman–Crippen MR) is 50.9 cm³/mol. The van der Waals surface area contributed by atoms with E-state index in [9.17, 15) is 4.79 Å². The summed E-state index contributed by atoms with van der Waals surface area (Å²) in [5.74, 6) is 5.41. The van der Waals surface area contributed by atoms with Crippen LogP contribution in [0.2, 0.25) is 0 Å². The summed E-state index contributed by atoms with van der Waals surface area (Å²) in [4.78, 5) is 11.2. The molecule has 0 fully saturated rings. The van der Waals surface area contributed by atoms with Gasteiger partial charge >= 0.3 is 0 Å². The Hall–Kier alpha value is -1.05. The van der Waals surface area contributed by atoms with Gasteiger partial charge in [-0.2, -0.15) is 0 Å². The Bertz CT molecular complexity index is 201. The fourth-order valence-corrected chi connectivity index (χ4v) is 0.797. The number of hydrogen-bond donors (Lipinski definition) is 2. The Morgan fingerprint density at radius 2 is 2.38 bits per heavy atom. The standard InChI is InChI=1S/C9H16N2O2/c1-3-4-5-6-11-9(12)8(7-10)13-2/h8H,5-7,10H2,1-2H3,(H,11,12). The van der Waals surface area contributed by atoms with E-state index in [0.29, 0.717) is 13.0 Å². The first-order chi connectivity index (χ1) is 6.26. The summed E-state index contributed by atoms with van der Waals surface area (Å²) in [6, 6.07) is 0. The fourth-order valence-electron chi connectivity index (χ4n) is 0.797. The monoisotopic (exact) mass is 184 g/mol. The first-order valence-electron chi connectivity index (χ1n) is 4.16. The van der Waals surface area contributed by atoms with Crippen LogP contribution in [0.1, 0.15) is 13.3 Å². The maximum Gasteiger partial charge on any atom is 0.250 e. The zero-order valence-electron chi connectivity index (χ0n) is 8.09. The van der Waals surface area contributed by atoms with E-state index in [1.54, 1.807) is 6.92 Å². The van der Waals surface area contributed by atoms with Crippen molar-refractivity contribution in [3.8, 4) is 11.8 Å². The molecule has 0 aliphatic heterocycles. The molecule has 74 valence electrons. The zero-order chi connectivity index (χ0) is 10.1. The predicted octanol–water partition coefficient (Wildman–Crippen LogP) is -0.510. The van der Waals surface area contributed by atoms with Gasteiger partial charge in [0.15, 0.2) is 0 Å². The molecular weight excluding hydrogens is 168 g/mol. The highest BCUT2D eigenvalue weighted by atomic mass is 16.5. The number of carbonyl (C=O) groups excluding carboxylic acids is 1. The molecule has 0 heterocycles. The van der Waals surface area contributed by atoms with Crippen LogP contribution in [-0.2, 0) is 9.53 Å². The highest BCUT2D eigenvalue weighted by Crippen LogP contribution is 1.86. The summed E-state index contributed by atoms with van der Waals surface area (Å²) >= 11 is 0. The highest BCUT2D eigenvalue weighted by Gasteiger charge is 2.13. The molecule has 4 heteroatoms. The molecule has 0 saturated carbocycles. The average Bonchev–Trinajstić information content (AvgIpc) is 2.14. The normalized spacial score (nSPS) is 11.3. The Morgan fingerprint density at radius 1 is 1.69 bits per heavy atom. The molecular formula is C9H16N2O2. The third-order valence-corrected chi connectivity index (χ3v) is 1.52. The second-order valence-corrected chi connectivity index (χ2v) is 2.43. The number of carbonyl (C=O) groups is 1. The van der Waals surface area contributed by atoms with Crippen LogP contribution in [0.15, 0.2) is 0 Å². The lowest BCUT2D eigenvalue weighted by Crippen LogP contribution is -2.40. The van der Waals surface area contributed by atoms with Crippen molar-refractivity contribution in [3.05, 3.63) is 0 Å². The molecule has 0 saturated heterocycles. The summed E-state index contributed by atoms with van der Waals surface area (Å²) in [6.07, 6.45) is 0.109. The SMILES string of the molecule is CC#CCCNC(=O)C(CN)OC. The van der Waals surface area contributed by atoms with E-state index in [1.165, 1.54) is 7.11 Å². The molecule has 0 aromatic carbocycles. The van der Waals surface area contributed by atoms with Crippen LogP contribution in [0, 0.1) is 11.8 Å². The second kappa shape index (κ2) is 7.59. The lowest BCUT2D eigenvalue weighted by atomic mass is 10.3. The summed E-state index contributed by atoms with van der Waals surface area (Å²) < 4.78 is 4.85. The molecule has 13 heavy (non-hydrogen) atoms. The quantitative estimate of drug-likeness (QED) is 0.447. The summed E-state index contributed by atoms with van der Waals surface area (Å²) in [6.45, 7) is 2.50. The fraction of sp³-hybridized carbons (Fsp3) is 0.667. The number of nitrogens with one attached hydrogen (secondary N) is 1. The smallest absolute Gasteiger partial charge is 0.250 e. The van der Waals surface area contributed by atoms with Gasteiger partial charge in [0.1, 0.15) is 6.10 Å². The number of methoxy groups -OCH3 is 1. The van der Waals surface area contributed by atoms with Crippen molar-refractivity contribution >= 4 is 5.91 Å². The van der Waals surface area contributed by atoms with Crippen molar-refractivity contribution in [2.24, 2.45) is 5.73 Å². The van der Waals surface area contributed by atoms with Crippen LogP contribution in [0.5, 0.6) is 0 Å². The van der Waals surface area contributed by atoms with Crippen LogP contribution >= 0.6 is 0 Å². The van der Waals surface area contributed by atoms with Gasteiger partial charge in [-0.15, -0.1) is 11.8 Å². The molecule has 1 atom stereocenters. The van der Waals surface area contributed by atoms with E-state index in [2.05, 4.69) is 17.2 Å². The van der Waals surface area contributed by atoms with E-state index in [1.807, 2.05) is 0 Å². The van der Waals surface area contributed by atoms with Gasteiger partial charge in [0.25, 0.3) is 0 Å². The number of ether oxygens (including phenoxy) is 1. The van der Waals surface area contributed by atoms with Crippen LogP contribution in [-0.4, -0.2) is 32.2 Å². The lowest BCUT2D eigenvalue weighted by molar-refractivity contribution is -0.130. The highest BCUT2D eigenvalue weighted by molar-refractivity contribution is 5.80. The molecule has 0 aliphatic rings. The van der Waals surface area contributed by atoms with Crippen LogP contribution in [0.4, 0.5) is 0 Å². The summed E-state index contributed by atoms with van der Waals surface area (Å²) in [5, 5.41) is 2.67. The molecule has 0 rings (SSSR count). The second-order valence-electron chi connectivity index (χ2n) is 2.43. The van der Waals surface area contributed by atoms with E-state index < -0.39 is 6.10 Å². The Kier molecular flexibility index (Phi) is 6.98. The maximum atomic E-state index is 11.2. The summed E-state index contributed by atoms with van der Waals surface area (Å²) in [5.41, 5.74) is 5.30. The molecule has 0 aromatic rings. The number of rotatable bonds is 5. The van der Waals surface area contributed by atoms with Crippen molar-refractivity contribution in [1.29, 1.82) is 0 Å². The van der Waals surface area contributed by atoms with Crippen molar-refractivity contribution in [2.75, 3.05) is 20.2 Å². The van der Waals surface area contributed by atoms with Crippen LogP contribution < -0.4 is 11.1 Å². The molecule has 0 radical (unpaired) electrons. The molecule has 0 bridgehead atoms. The number of hydrogen-bond acceptors (Lipinski definition) is 3. The van der Waals surface area contributed by atoms with Crippen molar-refractivity contribution in [2.45, 2.75) is 19.4 Å². The first-order valence-corrected chi connectivity index (χ1v) is 4.16. The topological polar surface area (TPSA) is 64.4 Å². The zero-order valence-corrected chi connectivity index (χ0v) is 8.09. The molecule has 1 amide bonds. The van der Waals surface area contributed by atoms with Gasteiger partial charge in [0.05, 0.1) is 0 Å². The Labute approximate surface area is 78.8 Å². The maximum absolute atomic E-state index is 11.2. The Morgan fingerprint density at radius 3 is 2.85 bits per heavy atom. The molecule has 0 spiro atoms. The van der Waals surface area contributed by atoms with Crippen LogP contribution in [0.3, 0.4) is 0 Å². The van der Waals surface area contributed by atoms with E-state index in [4.69, 9.17) is 10.5 Å². The minimum atomic E-state index is -0.547. The van der Waals surface area contributed by atoms with Gasteiger partial charge in [-0.1, -0.05) is 0 Å². The van der Waals surface area contributed by atoms with E-state index in [0.717, 1.165) is 0 Å². The minimum Gasteiger partial charge on any atom is -0.370 e. The van der Waals surface area contributed by atoms with Gasteiger partial charge in [0, 0.05) is 26.6 Å². The number of nitrogens with two attached hydrogens (primary N) is 1. The number of amides is 1. The Balaban J connectivity index is 3.64. The first kappa shape index (κ1) is 11.9. The third kappa shape index (κ3) is 5.23. The molecule has 3 N–H and O–H groups in total. The molecule has 1 unspecified atom stereocenters. The van der Waals surface area contributed by atoms with E-state index in [-0.39, 0.29) is 12.5 Å². The average molecular weight is 184 g/mol. The summed E-state index contributed by atoms with van der Waals surface area (Å²) in [7, 11) is 1.46. The van der Waals surface area contributed by atoms with Crippen LogP contribution in [0.25, 0.3) is 0 Å². The van der Waals surface area contributed by atoms with Gasteiger partial charge in [-0.05, 0) is 6.92 Å². The van der Waals surface area contributed by atoms with Gasteiger partial charge < -0.3 is 15.8 Å². The lowest BCUT2D eigenvalue weighted by Gasteiger charge is -2.11. The minimum absolute atomic E-state index is 0.178. The van der Waals surface area contributed by atoms with Crippen molar-refractivity contribution in [3.63, 3.8) is 0 Å². The largest absolute Gasteiger partial charge is 0.370 e. The van der Waals surface area contributed by atoms with Gasteiger partial charge in [-0.25, -0.2) is 0 Å². The van der Waals surface area contributed by atoms with Gasteiger partial charge in [0.2, 0.25) is 5.91 Å². The van der Waals surface area contributed by atoms with Crippen molar-refractivity contribution < 1.29 is 9.53 Å². The van der Waals surface area contributed by atoms with E-state index >= 15 is 0 Å². The molecule has 0 aliphatic carbocycles. The molecule has 4 nitrogen and oxygen atoms in total. The molecule has 0 aromatic heterocycles. The van der Waals surface area contributed by atoms with Crippen molar-refractivity contribution in [1.82, 2.24) is 5.32 Å². The third-order valence-electron chi connectivity index (χ3n) is 1.52. The van der Waals surface area contributed by atoms with Gasteiger partial charge in [-0.3, -0.25) is 4.79 Å².